The Labute approximate surface area is 194 Å². The first kappa shape index (κ1) is 20.9. The van der Waals surface area contributed by atoms with E-state index in [4.69, 9.17) is 4.74 Å². The molecule has 7 rings (SSSR count). The number of hydrazone groups is 1. The van der Waals surface area contributed by atoms with Gasteiger partial charge < -0.3 is 4.74 Å². The van der Waals surface area contributed by atoms with E-state index < -0.39 is 23.1 Å². The zero-order chi connectivity index (χ0) is 23.5. The molecule has 3 aliphatic carbocycles. The van der Waals surface area contributed by atoms with Crippen LogP contribution in [0, 0.1) is 22.5 Å². The lowest BCUT2D eigenvalue weighted by molar-refractivity contribution is -0.227. The molecule has 34 heavy (non-hydrogen) atoms. The fourth-order valence-corrected chi connectivity index (χ4v) is 5.60. The Bertz CT molecular complexity index is 1270. The van der Waals surface area contributed by atoms with Crippen LogP contribution >= 0.6 is 0 Å². The second-order valence-electron chi connectivity index (χ2n) is 9.64. The summed E-state index contributed by atoms with van der Waals surface area (Å²) < 4.78 is 35.0. The van der Waals surface area contributed by atoms with E-state index in [-0.39, 0.29) is 11.3 Å². The van der Waals surface area contributed by atoms with Crippen molar-refractivity contribution in [1.82, 2.24) is 24.8 Å². The molecule has 0 N–H and O–H groups in total. The SMILES string of the molecule is Cn1cc(-c2cnc(OCC34CC(C(=O)N5N=CCC5c5cc(F)cc(F)c5)(C3)C4)cn2)cn1. The first-order valence-electron chi connectivity index (χ1n) is 11.1. The van der Waals surface area contributed by atoms with Crippen molar-refractivity contribution in [3.63, 3.8) is 0 Å². The van der Waals surface area contributed by atoms with E-state index in [1.165, 1.54) is 17.1 Å². The molecule has 1 aliphatic heterocycles. The lowest BCUT2D eigenvalue weighted by Crippen LogP contribution is -2.69. The summed E-state index contributed by atoms with van der Waals surface area (Å²) in [7, 11) is 1.84. The largest absolute Gasteiger partial charge is 0.476 e. The summed E-state index contributed by atoms with van der Waals surface area (Å²) in [4.78, 5) is 22.0. The number of aryl methyl sites for hydroxylation is 1. The minimum absolute atomic E-state index is 0.0523. The summed E-state index contributed by atoms with van der Waals surface area (Å²) in [5.74, 6) is -0.964. The topological polar surface area (TPSA) is 85.5 Å². The number of amides is 1. The number of rotatable bonds is 6. The summed E-state index contributed by atoms with van der Waals surface area (Å²) >= 11 is 0. The molecule has 3 heterocycles. The maximum atomic E-state index is 13.7. The van der Waals surface area contributed by atoms with Crippen molar-refractivity contribution >= 4 is 12.1 Å². The number of halogens is 2. The van der Waals surface area contributed by atoms with Crippen molar-refractivity contribution in [3.8, 4) is 17.1 Å². The van der Waals surface area contributed by atoms with Crippen molar-refractivity contribution < 1.29 is 18.3 Å². The molecule has 0 spiro atoms. The summed E-state index contributed by atoms with van der Waals surface area (Å²) in [6.45, 7) is 0.463. The van der Waals surface area contributed by atoms with E-state index in [2.05, 4.69) is 20.2 Å². The average molecular weight is 464 g/mol. The van der Waals surface area contributed by atoms with Gasteiger partial charge in [-0.05, 0) is 37.0 Å². The van der Waals surface area contributed by atoms with Crippen LogP contribution in [0.4, 0.5) is 8.78 Å². The lowest BCUT2D eigenvalue weighted by atomic mass is 9.35. The maximum Gasteiger partial charge on any atom is 0.249 e. The van der Waals surface area contributed by atoms with Crippen LogP contribution in [0.5, 0.6) is 5.88 Å². The van der Waals surface area contributed by atoms with E-state index >= 15 is 0 Å². The van der Waals surface area contributed by atoms with E-state index in [9.17, 15) is 13.6 Å². The number of carbonyl (C=O) groups excluding carboxylic acids is 1. The molecule has 0 saturated heterocycles. The number of carbonyl (C=O) groups is 1. The fraction of sp³-hybridized carbons (Fsp3) is 0.375. The highest BCUT2D eigenvalue weighted by molar-refractivity contribution is 5.88. The Morgan fingerprint density at radius 3 is 2.53 bits per heavy atom. The molecule has 1 unspecified atom stereocenters. The molecule has 8 nitrogen and oxygen atoms in total. The third-order valence-electron chi connectivity index (χ3n) is 7.06. The summed E-state index contributed by atoms with van der Waals surface area (Å²) in [6.07, 6.45) is 11.0. The minimum Gasteiger partial charge on any atom is -0.476 e. The molecule has 4 aliphatic rings. The summed E-state index contributed by atoms with van der Waals surface area (Å²) in [5, 5.41) is 9.77. The molecule has 3 fully saturated rings. The van der Waals surface area contributed by atoms with Gasteiger partial charge in [-0.1, -0.05) is 0 Å². The first-order valence-corrected chi connectivity index (χ1v) is 11.1. The average Bonchev–Trinajstić information content (AvgIpc) is 3.41. The number of hydrogen-bond acceptors (Lipinski definition) is 6. The third kappa shape index (κ3) is 3.36. The minimum atomic E-state index is -0.660. The van der Waals surface area contributed by atoms with Gasteiger partial charge in [0.25, 0.3) is 0 Å². The molecular weight excluding hydrogens is 442 g/mol. The number of nitrogens with zero attached hydrogens (tertiary/aromatic N) is 6. The Morgan fingerprint density at radius 1 is 1.12 bits per heavy atom. The molecular formula is C24H22F2N6O2. The van der Waals surface area contributed by atoms with Crippen LogP contribution in [-0.4, -0.2) is 43.5 Å². The van der Waals surface area contributed by atoms with Crippen LogP contribution < -0.4 is 4.74 Å². The standard InChI is InChI=1S/C24H22F2N6O2/c1-31-10-16(7-30-31)19-8-28-21(9-27-19)34-14-23-11-24(12-23,13-23)22(33)32-20(2-3-29-32)15-4-17(25)6-18(26)5-15/h3-10,20H,2,11-14H2,1H3. The van der Waals surface area contributed by atoms with Gasteiger partial charge in [0, 0.05) is 42.9 Å². The van der Waals surface area contributed by atoms with Gasteiger partial charge in [0.2, 0.25) is 11.8 Å². The molecule has 1 atom stereocenters. The number of aromatic nitrogens is 4. The van der Waals surface area contributed by atoms with Crippen LogP contribution in [0.25, 0.3) is 11.3 Å². The number of ether oxygens (including phenoxy) is 1. The van der Waals surface area contributed by atoms with Crippen molar-refractivity contribution in [1.29, 1.82) is 0 Å². The second-order valence-corrected chi connectivity index (χ2v) is 9.64. The molecule has 3 aromatic rings. The van der Waals surface area contributed by atoms with E-state index in [1.54, 1.807) is 29.5 Å². The van der Waals surface area contributed by atoms with Crippen LogP contribution in [0.2, 0.25) is 0 Å². The maximum absolute atomic E-state index is 13.7. The van der Waals surface area contributed by atoms with Gasteiger partial charge >= 0.3 is 0 Å². The molecule has 0 radical (unpaired) electrons. The van der Waals surface area contributed by atoms with Gasteiger partial charge in [-0.25, -0.2) is 23.8 Å². The quantitative estimate of drug-likeness (QED) is 0.556. The highest BCUT2D eigenvalue weighted by Crippen LogP contribution is 2.74. The monoisotopic (exact) mass is 464 g/mol. The van der Waals surface area contributed by atoms with Gasteiger partial charge in [-0.15, -0.1) is 0 Å². The number of hydrogen-bond donors (Lipinski definition) is 0. The zero-order valence-corrected chi connectivity index (χ0v) is 18.5. The van der Waals surface area contributed by atoms with Crippen LogP contribution in [0.1, 0.15) is 37.3 Å². The Balaban J connectivity index is 1.07. The van der Waals surface area contributed by atoms with E-state index in [1.807, 2.05) is 13.2 Å². The Hall–Kier alpha value is -3.69. The predicted octanol–water partition coefficient (Wildman–Crippen LogP) is 3.66. The van der Waals surface area contributed by atoms with Gasteiger partial charge in [0.05, 0.1) is 42.3 Å². The highest BCUT2D eigenvalue weighted by Gasteiger charge is 2.73. The van der Waals surface area contributed by atoms with Crippen molar-refractivity contribution in [3.05, 3.63) is 60.2 Å². The smallest absolute Gasteiger partial charge is 0.249 e. The molecule has 2 bridgehead atoms. The lowest BCUT2D eigenvalue weighted by Gasteiger charge is -2.69. The van der Waals surface area contributed by atoms with Crippen molar-refractivity contribution in [2.75, 3.05) is 6.61 Å². The van der Waals surface area contributed by atoms with Gasteiger partial charge in [-0.2, -0.15) is 10.2 Å². The van der Waals surface area contributed by atoms with Crippen molar-refractivity contribution in [2.45, 2.75) is 31.7 Å². The van der Waals surface area contributed by atoms with Crippen LogP contribution in [-0.2, 0) is 11.8 Å². The normalized spacial score (nSPS) is 26.8. The Morgan fingerprint density at radius 2 is 1.88 bits per heavy atom. The van der Waals surface area contributed by atoms with Crippen molar-refractivity contribution in [2.24, 2.45) is 23.0 Å². The fourth-order valence-electron chi connectivity index (χ4n) is 5.60. The molecule has 1 aromatic carbocycles. The van der Waals surface area contributed by atoms with Gasteiger partial charge in [0.15, 0.2) is 0 Å². The third-order valence-corrected chi connectivity index (χ3v) is 7.06. The summed E-state index contributed by atoms with van der Waals surface area (Å²) in [6, 6.07) is 2.88. The molecule has 3 saturated carbocycles. The van der Waals surface area contributed by atoms with Gasteiger partial charge in [0.1, 0.15) is 11.6 Å². The molecule has 10 heteroatoms. The molecule has 1 amide bonds. The molecule has 2 aromatic heterocycles. The number of benzene rings is 1. The van der Waals surface area contributed by atoms with Crippen LogP contribution in [0.3, 0.4) is 0 Å². The van der Waals surface area contributed by atoms with Crippen LogP contribution in [0.15, 0.2) is 48.1 Å². The predicted molar refractivity (Wildman–Crippen MR) is 118 cm³/mol. The zero-order valence-electron chi connectivity index (χ0n) is 18.5. The summed E-state index contributed by atoms with van der Waals surface area (Å²) in [5.41, 5.74) is 1.50. The van der Waals surface area contributed by atoms with E-state index in [0.29, 0.717) is 43.7 Å². The van der Waals surface area contributed by atoms with E-state index in [0.717, 1.165) is 17.3 Å². The molecule has 174 valence electrons. The Kier molecular flexibility index (Phi) is 4.55. The van der Waals surface area contributed by atoms with Gasteiger partial charge in [-0.3, -0.25) is 9.48 Å². The highest BCUT2D eigenvalue weighted by atomic mass is 19.1. The first-order chi connectivity index (χ1) is 16.3. The second kappa shape index (κ2) is 7.41.